The topological polar surface area (TPSA) is 13.1 Å². The summed E-state index contributed by atoms with van der Waals surface area (Å²) in [4.78, 5) is 0. The average molecular weight is 477 g/mol. The maximum Gasteiger partial charge on any atom is 0.134 e. The van der Waals surface area contributed by atoms with Crippen LogP contribution in [0.2, 0.25) is 0 Å². The first kappa shape index (κ1) is 19.9. The average Bonchev–Trinajstić information content (AvgIpc) is 3.56. The minimum Gasteiger partial charge on any atom is -0.464 e. The molecule has 168 valence electrons. The first-order chi connectivity index (χ1) is 17.9. The maximum atomic E-state index is 5.69. The van der Waals surface area contributed by atoms with Gasteiger partial charge in [-0.25, -0.2) is 0 Å². The molecule has 0 atom stereocenters. The standard InChI is InChI=1S/C34H20OS/c1-2-8-21(9-3-1)32-23-10-4-6-12-25(23)33(26-13-7-5-11-24(26)32)22-14-15-28-31(20-22)36-30-17-16-29-27(34(28)30)18-19-35-29/h1-20H. The number of furan rings is 1. The molecule has 0 N–H and O–H groups in total. The van der Waals surface area contributed by atoms with Crippen LogP contribution in [0.3, 0.4) is 0 Å². The first-order valence-electron chi connectivity index (χ1n) is 12.2. The Morgan fingerprint density at radius 2 is 1.08 bits per heavy atom. The summed E-state index contributed by atoms with van der Waals surface area (Å²) in [6.45, 7) is 0. The third-order valence-electron chi connectivity index (χ3n) is 7.35. The SMILES string of the molecule is c1ccc(-c2c3ccccc3c(-c3ccc4c(c3)sc3ccc5occc5c34)c3ccccc23)cc1. The van der Waals surface area contributed by atoms with Gasteiger partial charge < -0.3 is 4.42 Å². The quantitative estimate of drug-likeness (QED) is 0.226. The van der Waals surface area contributed by atoms with Gasteiger partial charge in [-0.2, -0.15) is 0 Å². The van der Waals surface area contributed by atoms with Gasteiger partial charge in [-0.3, -0.25) is 0 Å². The largest absolute Gasteiger partial charge is 0.464 e. The van der Waals surface area contributed by atoms with E-state index in [4.69, 9.17) is 4.42 Å². The van der Waals surface area contributed by atoms with E-state index in [-0.39, 0.29) is 0 Å². The van der Waals surface area contributed by atoms with Crippen LogP contribution in [0.25, 0.3) is 74.9 Å². The fourth-order valence-electron chi connectivity index (χ4n) is 5.83. The highest BCUT2D eigenvalue weighted by atomic mass is 32.1. The molecule has 8 aromatic rings. The van der Waals surface area contributed by atoms with Gasteiger partial charge in [0.1, 0.15) is 5.58 Å². The van der Waals surface area contributed by atoms with Crippen molar-refractivity contribution >= 4 is 64.0 Å². The normalized spacial score (nSPS) is 11.9. The smallest absolute Gasteiger partial charge is 0.134 e. The van der Waals surface area contributed by atoms with E-state index in [9.17, 15) is 0 Å². The van der Waals surface area contributed by atoms with Crippen LogP contribution in [-0.4, -0.2) is 0 Å². The van der Waals surface area contributed by atoms with E-state index >= 15 is 0 Å². The van der Waals surface area contributed by atoms with Crippen LogP contribution < -0.4 is 0 Å². The lowest BCUT2D eigenvalue weighted by Crippen LogP contribution is -1.90. The van der Waals surface area contributed by atoms with Crippen LogP contribution in [0.1, 0.15) is 0 Å². The van der Waals surface area contributed by atoms with Gasteiger partial charge in [-0.1, -0.05) is 91.0 Å². The summed E-state index contributed by atoms with van der Waals surface area (Å²) < 4.78 is 8.28. The molecule has 1 nitrogen and oxygen atoms in total. The lowest BCUT2D eigenvalue weighted by Gasteiger charge is -2.17. The molecule has 0 saturated carbocycles. The minimum atomic E-state index is 0.944. The summed E-state index contributed by atoms with van der Waals surface area (Å²) in [7, 11) is 0. The Hall–Kier alpha value is -4.40. The predicted octanol–water partition coefficient (Wildman–Crippen LogP) is 10.4. The van der Waals surface area contributed by atoms with E-state index in [0.29, 0.717) is 0 Å². The van der Waals surface area contributed by atoms with E-state index in [0.717, 1.165) is 5.58 Å². The van der Waals surface area contributed by atoms with Crippen LogP contribution in [0.4, 0.5) is 0 Å². The Balaban J connectivity index is 1.48. The Bertz CT molecular complexity index is 2040. The highest BCUT2D eigenvalue weighted by Gasteiger charge is 2.17. The molecular formula is C34H20OS. The van der Waals surface area contributed by atoms with Crippen molar-refractivity contribution < 1.29 is 4.42 Å². The van der Waals surface area contributed by atoms with Crippen LogP contribution >= 0.6 is 11.3 Å². The molecule has 36 heavy (non-hydrogen) atoms. The predicted molar refractivity (Wildman–Crippen MR) is 155 cm³/mol. The molecule has 0 spiro atoms. The fourth-order valence-corrected chi connectivity index (χ4v) is 6.99. The van der Waals surface area contributed by atoms with Crippen LogP contribution in [0.5, 0.6) is 0 Å². The van der Waals surface area contributed by atoms with Crippen LogP contribution in [0.15, 0.2) is 126 Å². The number of benzene rings is 6. The Labute approximate surface area is 211 Å². The second-order valence-corrected chi connectivity index (χ2v) is 10.4. The van der Waals surface area contributed by atoms with Gasteiger partial charge in [0.2, 0.25) is 0 Å². The summed E-state index contributed by atoms with van der Waals surface area (Å²) in [5, 5.41) is 8.92. The van der Waals surface area contributed by atoms with Gasteiger partial charge in [-0.15, -0.1) is 11.3 Å². The molecule has 8 rings (SSSR count). The maximum absolute atomic E-state index is 5.69. The number of rotatable bonds is 2. The zero-order chi connectivity index (χ0) is 23.6. The van der Waals surface area contributed by atoms with Gasteiger partial charge in [0.15, 0.2) is 0 Å². The molecule has 0 saturated heterocycles. The molecule has 0 aliphatic heterocycles. The molecule has 0 aliphatic rings. The van der Waals surface area contributed by atoms with Gasteiger partial charge >= 0.3 is 0 Å². The van der Waals surface area contributed by atoms with Crippen molar-refractivity contribution in [2.24, 2.45) is 0 Å². The summed E-state index contributed by atoms with van der Waals surface area (Å²) >= 11 is 1.86. The van der Waals surface area contributed by atoms with E-state index < -0.39 is 0 Å². The molecule has 0 fully saturated rings. The highest BCUT2D eigenvalue weighted by Crippen LogP contribution is 2.46. The van der Waals surface area contributed by atoms with Gasteiger partial charge in [0.25, 0.3) is 0 Å². The zero-order valence-corrected chi connectivity index (χ0v) is 20.2. The third-order valence-corrected chi connectivity index (χ3v) is 8.47. The number of thiophene rings is 1. The van der Waals surface area contributed by atoms with E-state index in [1.807, 2.05) is 11.3 Å². The lowest BCUT2D eigenvalue weighted by atomic mass is 9.86. The highest BCUT2D eigenvalue weighted by molar-refractivity contribution is 7.26. The van der Waals surface area contributed by atoms with Crippen molar-refractivity contribution in [1.29, 1.82) is 0 Å². The molecule has 0 bridgehead atoms. The summed E-state index contributed by atoms with van der Waals surface area (Å²) in [5.74, 6) is 0. The van der Waals surface area contributed by atoms with Crippen molar-refractivity contribution in [1.82, 2.24) is 0 Å². The van der Waals surface area contributed by atoms with Crippen molar-refractivity contribution in [3.63, 3.8) is 0 Å². The van der Waals surface area contributed by atoms with Crippen LogP contribution in [-0.2, 0) is 0 Å². The Morgan fingerprint density at radius 3 is 1.78 bits per heavy atom. The monoisotopic (exact) mass is 476 g/mol. The lowest BCUT2D eigenvalue weighted by molar-refractivity contribution is 0.616. The molecule has 2 heteroatoms. The van der Waals surface area contributed by atoms with Crippen LogP contribution in [0, 0.1) is 0 Å². The van der Waals surface area contributed by atoms with Crippen molar-refractivity contribution in [3.05, 3.63) is 122 Å². The van der Waals surface area contributed by atoms with Gasteiger partial charge in [-0.05, 0) is 68.1 Å². The number of hydrogen-bond acceptors (Lipinski definition) is 2. The summed E-state index contributed by atoms with van der Waals surface area (Å²) in [5.41, 5.74) is 6.05. The molecule has 0 aliphatic carbocycles. The second-order valence-electron chi connectivity index (χ2n) is 9.29. The fraction of sp³-hybridized carbons (Fsp3) is 0. The summed E-state index contributed by atoms with van der Waals surface area (Å²) in [6.07, 6.45) is 1.79. The Kier molecular flexibility index (Phi) is 4.16. The number of fused-ring (bicyclic) bond motifs is 7. The van der Waals surface area contributed by atoms with Gasteiger partial charge in [0, 0.05) is 25.6 Å². The molecular weight excluding hydrogens is 456 g/mol. The molecule has 6 aromatic carbocycles. The zero-order valence-electron chi connectivity index (χ0n) is 19.4. The summed E-state index contributed by atoms with van der Waals surface area (Å²) in [6, 6.07) is 41.8. The molecule has 0 unspecified atom stereocenters. The van der Waals surface area contributed by atoms with Gasteiger partial charge in [0.05, 0.1) is 6.26 Å². The van der Waals surface area contributed by atoms with Crippen molar-refractivity contribution in [2.75, 3.05) is 0 Å². The van der Waals surface area contributed by atoms with E-state index in [2.05, 4.69) is 115 Å². The molecule has 0 amide bonds. The minimum absolute atomic E-state index is 0.944. The van der Waals surface area contributed by atoms with Crippen molar-refractivity contribution in [2.45, 2.75) is 0 Å². The van der Waals surface area contributed by atoms with Crippen molar-refractivity contribution in [3.8, 4) is 22.3 Å². The molecule has 0 radical (unpaired) electrons. The molecule has 2 aromatic heterocycles. The van der Waals surface area contributed by atoms with E-state index in [1.165, 1.54) is 69.4 Å². The number of hydrogen-bond donors (Lipinski definition) is 0. The Morgan fingerprint density at radius 1 is 0.444 bits per heavy atom. The van der Waals surface area contributed by atoms with E-state index in [1.54, 1.807) is 6.26 Å². The molecule has 2 heterocycles. The second kappa shape index (κ2) is 7.55. The first-order valence-corrected chi connectivity index (χ1v) is 13.0. The third kappa shape index (κ3) is 2.76.